The summed E-state index contributed by atoms with van der Waals surface area (Å²) >= 11 is 22.9. The van der Waals surface area contributed by atoms with Crippen LogP contribution in [-0.4, -0.2) is 0 Å². The van der Waals surface area contributed by atoms with Crippen LogP contribution in [-0.2, 0) is 0 Å². The van der Waals surface area contributed by atoms with Crippen molar-refractivity contribution in [2.24, 2.45) is 0 Å². The fraction of sp³-hybridized carbons (Fsp3) is 0. The van der Waals surface area contributed by atoms with Crippen molar-refractivity contribution in [1.29, 1.82) is 5.26 Å². The molecule has 0 fully saturated rings. The minimum absolute atomic E-state index is 0.140. The number of hydrogen-bond donors (Lipinski definition) is 1. The summed E-state index contributed by atoms with van der Waals surface area (Å²) in [4.78, 5) is 0. The third-order valence-corrected chi connectivity index (χ3v) is 2.86. The highest BCUT2D eigenvalue weighted by atomic mass is 35.5. The summed E-state index contributed by atoms with van der Waals surface area (Å²) in [5.74, 6) is 0. The highest BCUT2D eigenvalue weighted by Crippen LogP contribution is 2.40. The van der Waals surface area contributed by atoms with Crippen LogP contribution < -0.4 is 5.32 Å². The molecule has 0 aliphatic carbocycles. The highest BCUT2D eigenvalue weighted by molar-refractivity contribution is 6.51. The molecule has 0 radical (unpaired) electrons. The summed E-state index contributed by atoms with van der Waals surface area (Å²) in [6.45, 7) is 0. The molecular weight excluding hydrogens is 254 g/mol. The SMILES string of the molecule is N#CNc1c(Cl)cc(Cl)c(Cl)c1Cl. The highest BCUT2D eigenvalue weighted by Gasteiger charge is 2.12. The predicted octanol–water partition coefficient (Wildman–Crippen LogP) is 4.19. The molecule has 0 heterocycles. The van der Waals surface area contributed by atoms with Gasteiger partial charge in [0.05, 0.1) is 25.8 Å². The maximum absolute atomic E-state index is 8.37. The number of nitrogens with zero attached hydrogens (tertiary/aromatic N) is 1. The Morgan fingerprint density at radius 3 is 2.23 bits per heavy atom. The number of hydrogen-bond acceptors (Lipinski definition) is 2. The predicted molar refractivity (Wildman–Crippen MR) is 55.7 cm³/mol. The molecule has 0 aliphatic heterocycles. The van der Waals surface area contributed by atoms with Gasteiger partial charge in [0.25, 0.3) is 0 Å². The molecule has 0 bridgehead atoms. The molecule has 2 nitrogen and oxygen atoms in total. The summed E-state index contributed by atoms with van der Waals surface area (Å²) in [6, 6.07) is 1.41. The van der Waals surface area contributed by atoms with Crippen molar-refractivity contribution >= 4 is 52.1 Å². The molecule has 1 aromatic rings. The Morgan fingerprint density at radius 2 is 1.69 bits per heavy atom. The summed E-state index contributed by atoms with van der Waals surface area (Å²) in [7, 11) is 0. The van der Waals surface area contributed by atoms with Crippen LogP contribution in [0.3, 0.4) is 0 Å². The third kappa shape index (κ3) is 2.12. The molecule has 0 aliphatic rings. The standard InChI is InChI=1S/C7H2Cl4N2/c8-3-1-4(9)7(13-2-12)6(11)5(3)10/h1,13H. The van der Waals surface area contributed by atoms with E-state index in [0.29, 0.717) is 0 Å². The quantitative estimate of drug-likeness (QED) is 0.354. The summed E-state index contributed by atoms with van der Waals surface area (Å²) in [5.41, 5.74) is 0.264. The molecule has 0 unspecified atom stereocenters. The van der Waals surface area contributed by atoms with Crippen molar-refractivity contribution in [3.63, 3.8) is 0 Å². The lowest BCUT2D eigenvalue weighted by Gasteiger charge is -2.06. The molecule has 0 spiro atoms. The van der Waals surface area contributed by atoms with Gasteiger partial charge >= 0.3 is 0 Å². The van der Waals surface area contributed by atoms with Crippen molar-refractivity contribution in [3.05, 3.63) is 26.2 Å². The Hall–Kier alpha value is -0.330. The number of rotatable bonds is 1. The molecule has 0 aromatic heterocycles. The topological polar surface area (TPSA) is 35.8 Å². The van der Waals surface area contributed by atoms with Gasteiger partial charge in [-0.3, -0.25) is 5.32 Å². The molecule has 0 saturated carbocycles. The first-order valence-corrected chi connectivity index (χ1v) is 4.57. The molecular formula is C7H2Cl4N2. The van der Waals surface area contributed by atoms with Gasteiger partial charge in [-0.25, -0.2) is 0 Å². The van der Waals surface area contributed by atoms with Gasteiger partial charge in [0.2, 0.25) is 0 Å². The average molecular weight is 256 g/mol. The third-order valence-electron chi connectivity index (χ3n) is 1.30. The lowest BCUT2D eigenvalue weighted by Crippen LogP contribution is -1.90. The molecule has 6 heteroatoms. The Kier molecular flexibility index (Phi) is 3.52. The van der Waals surface area contributed by atoms with Gasteiger partial charge in [0, 0.05) is 0 Å². The van der Waals surface area contributed by atoms with Crippen LogP contribution in [0.1, 0.15) is 0 Å². The Morgan fingerprint density at radius 1 is 1.08 bits per heavy atom. The van der Waals surface area contributed by atoms with E-state index in [2.05, 4.69) is 5.32 Å². The molecule has 1 aromatic carbocycles. The monoisotopic (exact) mass is 254 g/mol. The van der Waals surface area contributed by atoms with Crippen LogP contribution >= 0.6 is 46.4 Å². The molecule has 1 N–H and O–H groups in total. The molecule has 13 heavy (non-hydrogen) atoms. The number of anilines is 1. The fourth-order valence-corrected chi connectivity index (χ4v) is 1.74. The molecule has 0 atom stereocenters. The van der Waals surface area contributed by atoms with Crippen LogP contribution in [0.5, 0.6) is 0 Å². The normalized spacial score (nSPS) is 9.46. The Balaban J connectivity index is 3.36. The van der Waals surface area contributed by atoms with E-state index in [4.69, 9.17) is 51.7 Å². The van der Waals surface area contributed by atoms with E-state index in [1.807, 2.05) is 0 Å². The molecule has 68 valence electrons. The fourth-order valence-electron chi connectivity index (χ4n) is 0.737. The number of halogens is 4. The zero-order valence-electron chi connectivity index (χ0n) is 6.04. The lowest BCUT2D eigenvalue weighted by atomic mass is 10.3. The maximum Gasteiger partial charge on any atom is 0.181 e. The van der Waals surface area contributed by atoms with Gasteiger partial charge in [-0.2, -0.15) is 5.26 Å². The van der Waals surface area contributed by atoms with Crippen LogP contribution in [0.25, 0.3) is 0 Å². The van der Waals surface area contributed by atoms with Crippen LogP contribution in [0, 0.1) is 11.5 Å². The number of nitrogens with one attached hydrogen (secondary N) is 1. The van der Waals surface area contributed by atoms with E-state index in [9.17, 15) is 0 Å². The minimum atomic E-state index is 0.140. The van der Waals surface area contributed by atoms with Crippen molar-refractivity contribution < 1.29 is 0 Å². The zero-order chi connectivity index (χ0) is 10.0. The molecule has 0 amide bonds. The van der Waals surface area contributed by atoms with Crippen molar-refractivity contribution in [2.45, 2.75) is 0 Å². The summed E-state index contributed by atoms with van der Waals surface area (Å²) in [5, 5.41) is 11.5. The first kappa shape index (κ1) is 10.7. The summed E-state index contributed by atoms with van der Waals surface area (Å²) < 4.78 is 0. The second-order valence-electron chi connectivity index (χ2n) is 2.08. The average Bonchev–Trinajstić information content (AvgIpc) is 2.09. The first-order valence-electron chi connectivity index (χ1n) is 3.06. The van der Waals surface area contributed by atoms with Crippen molar-refractivity contribution in [3.8, 4) is 6.19 Å². The Bertz CT molecular complexity index is 383. The maximum atomic E-state index is 8.37. The lowest BCUT2D eigenvalue weighted by molar-refractivity contribution is 1.47. The van der Waals surface area contributed by atoms with E-state index in [1.54, 1.807) is 6.19 Å². The molecule has 0 saturated heterocycles. The van der Waals surface area contributed by atoms with Crippen molar-refractivity contribution in [2.75, 3.05) is 5.32 Å². The van der Waals surface area contributed by atoms with Gasteiger partial charge in [-0.05, 0) is 6.07 Å². The number of nitriles is 1. The second-order valence-corrected chi connectivity index (χ2v) is 3.65. The smallest absolute Gasteiger partial charge is 0.181 e. The number of benzene rings is 1. The van der Waals surface area contributed by atoms with E-state index in [-0.39, 0.29) is 25.8 Å². The van der Waals surface area contributed by atoms with Gasteiger partial charge in [0.1, 0.15) is 0 Å². The van der Waals surface area contributed by atoms with Gasteiger partial charge in [-0.1, -0.05) is 46.4 Å². The first-order chi connectivity index (χ1) is 6.07. The van der Waals surface area contributed by atoms with Crippen molar-refractivity contribution in [1.82, 2.24) is 0 Å². The van der Waals surface area contributed by atoms with E-state index < -0.39 is 0 Å². The van der Waals surface area contributed by atoms with Gasteiger partial charge in [0.15, 0.2) is 6.19 Å². The largest absolute Gasteiger partial charge is 0.290 e. The second kappa shape index (κ2) is 4.26. The molecule has 1 rings (SSSR count). The van der Waals surface area contributed by atoms with E-state index in [0.717, 1.165) is 0 Å². The van der Waals surface area contributed by atoms with E-state index in [1.165, 1.54) is 6.07 Å². The Labute approximate surface area is 95.0 Å². The van der Waals surface area contributed by atoms with Gasteiger partial charge < -0.3 is 0 Å². The zero-order valence-corrected chi connectivity index (χ0v) is 9.06. The minimum Gasteiger partial charge on any atom is -0.290 e. The van der Waals surface area contributed by atoms with E-state index >= 15 is 0 Å². The van der Waals surface area contributed by atoms with Gasteiger partial charge in [-0.15, -0.1) is 0 Å². The van der Waals surface area contributed by atoms with Crippen LogP contribution in [0.4, 0.5) is 5.69 Å². The van der Waals surface area contributed by atoms with Crippen LogP contribution in [0.15, 0.2) is 6.07 Å². The summed E-state index contributed by atoms with van der Waals surface area (Å²) in [6.07, 6.45) is 1.69. The van der Waals surface area contributed by atoms with Crippen LogP contribution in [0.2, 0.25) is 20.1 Å².